The van der Waals surface area contributed by atoms with Crippen molar-refractivity contribution in [1.82, 2.24) is 9.55 Å². The summed E-state index contributed by atoms with van der Waals surface area (Å²) >= 11 is 0. The van der Waals surface area contributed by atoms with E-state index >= 15 is 0 Å². The molecule has 0 spiro atoms. The van der Waals surface area contributed by atoms with Gasteiger partial charge in [0.05, 0.1) is 12.6 Å². The summed E-state index contributed by atoms with van der Waals surface area (Å²) in [6, 6.07) is -0.925. The molecule has 0 amide bonds. The van der Waals surface area contributed by atoms with Crippen LogP contribution in [0, 0.1) is 6.92 Å². The maximum atomic E-state index is 12.0. The normalized spacial score (nSPS) is 22.7. The molecule has 27 heavy (non-hydrogen) atoms. The molecule has 2 heterocycles. The Morgan fingerprint density at radius 2 is 2.37 bits per heavy atom. The van der Waals surface area contributed by atoms with Gasteiger partial charge >= 0.3 is 11.8 Å². The molecule has 1 saturated heterocycles. The molecule has 4 atom stereocenters. The molecule has 1 fully saturated rings. The highest BCUT2D eigenvalue weighted by atomic mass is 16.8. The lowest BCUT2D eigenvalue weighted by Crippen LogP contribution is -2.38. The predicted molar refractivity (Wildman–Crippen MR) is 89.6 cm³/mol. The Morgan fingerprint density at radius 1 is 1.63 bits per heavy atom. The molecule has 1 aliphatic heterocycles. The summed E-state index contributed by atoms with van der Waals surface area (Å²) in [5.74, 6) is 0. The first kappa shape index (κ1) is 20.5. The van der Waals surface area contributed by atoms with Crippen LogP contribution < -0.4 is 17.0 Å². The van der Waals surface area contributed by atoms with E-state index in [4.69, 9.17) is 25.5 Å². The van der Waals surface area contributed by atoms with E-state index in [-0.39, 0.29) is 18.6 Å². The Hall–Kier alpha value is -2.86. The van der Waals surface area contributed by atoms with Gasteiger partial charge in [0, 0.05) is 23.1 Å². The number of aromatic amines is 1. The fraction of sp³-hybridized carbons (Fsp3) is 0.643. The average Bonchev–Trinajstić information content (AvgIpc) is 3.02. The maximum Gasteiger partial charge on any atom is 0.510 e. The number of azide groups is 1. The number of ether oxygens (including phenoxy) is 3. The fourth-order valence-corrected chi connectivity index (χ4v) is 2.52. The monoisotopic (exact) mass is 384 g/mol. The zero-order valence-corrected chi connectivity index (χ0v) is 14.5. The maximum absolute atomic E-state index is 12.0. The van der Waals surface area contributed by atoms with Gasteiger partial charge in [0.1, 0.15) is 12.3 Å². The number of H-pyrrole nitrogens is 1. The second-order valence-electron chi connectivity index (χ2n) is 5.79. The lowest BCUT2D eigenvalue weighted by atomic mass is 10.1. The molecule has 1 aromatic rings. The number of hydrogen-bond donors (Lipinski definition) is 3. The van der Waals surface area contributed by atoms with E-state index in [1.807, 2.05) is 0 Å². The number of nitrogens with two attached hydrogens (primary N) is 1. The van der Waals surface area contributed by atoms with Crippen LogP contribution in [0.1, 0.15) is 24.6 Å². The smallest absolute Gasteiger partial charge is 0.434 e. The summed E-state index contributed by atoms with van der Waals surface area (Å²) in [5.41, 5.74) is 13.0. The van der Waals surface area contributed by atoms with Crippen molar-refractivity contribution in [3.05, 3.63) is 43.0 Å². The summed E-state index contributed by atoms with van der Waals surface area (Å²) in [6.07, 6.45) is -3.39. The Morgan fingerprint density at radius 3 is 3.04 bits per heavy atom. The first-order chi connectivity index (χ1) is 12.9. The highest BCUT2D eigenvalue weighted by Crippen LogP contribution is 2.32. The highest BCUT2D eigenvalue weighted by molar-refractivity contribution is 5.60. The third kappa shape index (κ3) is 5.08. The predicted octanol–water partition coefficient (Wildman–Crippen LogP) is -0.368. The van der Waals surface area contributed by atoms with Crippen molar-refractivity contribution in [2.24, 2.45) is 10.8 Å². The molecule has 4 N–H and O–H groups in total. The fourth-order valence-electron chi connectivity index (χ4n) is 2.52. The molecule has 0 aliphatic carbocycles. The number of nitrogens with one attached hydrogen (secondary N) is 1. The van der Waals surface area contributed by atoms with Crippen LogP contribution in [0.3, 0.4) is 0 Å². The summed E-state index contributed by atoms with van der Waals surface area (Å²) in [7, 11) is 0. The summed E-state index contributed by atoms with van der Waals surface area (Å²) < 4.78 is 16.1. The van der Waals surface area contributed by atoms with Crippen molar-refractivity contribution in [3.8, 4) is 0 Å². The summed E-state index contributed by atoms with van der Waals surface area (Å²) in [6.45, 7) is 1.83. The number of carbonyl (C=O) groups excluding carboxylic acids is 1. The van der Waals surface area contributed by atoms with Crippen LogP contribution in [0.15, 0.2) is 20.9 Å². The molecule has 13 heteroatoms. The molecule has 2 unspecified atom stereocenters. The van der Waals surface area contributed by atoms with Crippen LogP contribution in [-0.2, 0) is 14.2 Å². The van der Waals surface area contributed by atoms with Gasteiger partial charge in [-0.05, 0) is 25.4 Å². The highest BCUT2D eigenvalue weighted by Gasteiger charge is 2.42. The SMILES string of the molecule is Cc1cn([C@H]2CC(N=[N+]=[N-])[C@@H](C(O)OC(=O)OCCCN)O2)c(=O)[nH]c1=O. The molecule has 0 bridgehead atoms. The molecule has 0 saturated carbocycles. The third-order valence-corrected chi connectivity index (χ3v) is 3.86. The van der Waals surface area contributed by atoms with Crippen molar-refractivity contribution in [2.45, 2.75) is 44.4 Å². The van der Waals surface area contributed by atoms with Crippen molar-refractivity contribution >= 4 is 6.16 Å². The standard InChI is InChI=1S/C14H20N6O7/c1-7-6-20(13(23)17-11(7)21)9-5-8(18-19-16)10(26-9)12(22)27-14(24)25-4-2-3-15/h6,8-10,12,22H,2-5,15H2,1H3,(H,17,21,23)/t8?,9-,10+,12?/m1/s1. The van der Waals surface area contributed by atoms with Crippen LogP contribution in [0.5, 0.6) is 0 Å². The van der Waals surface area contributed by atoms with Crippen LogP contribution in [0.25, 0.3) is 10.4 Å². The Labute approximate surface area is 152 Å². The number of aliphatic hydroxyl groups excluding tert-OH is 1. The number of aliphatic hydroxyl groups is 1. The topological polar surface area (TPSA) is 195 Å². The van der Waals surface area contributed by atoms with E-state index in [1.54, 1.807) is 0 Å². The number of aryl methyl sites for hydroxylation is 1. The lowest BCUT2D eigenvalue weighted by Gasteiger charge is -2.21. The van der Waals surface area contributed by atoms with Gasteiger partial charge in [-0.25, -0.2) is 9.59 Å². The number of carbonyl (C=O) groups is 1. The van der Waals surface area contributed by atoms with Gasteiger partial charge in [-0.15, -0.1) is 0 Å². The zero-order valence-electron chi connectivity index (χ0n) is 14.5. The van der Waals surface area contributed by atoms with Gasteiger partial charge < -0.3 is 25.1 Å². The van der Waals surface area contributed by atoms with E-state index in [0.29, 0.717) is 13.0 Å². The van der Waals surface area contributed by atoms with Gasteiger partial charge in [-0.1, -0.05) is 5.11 Å². The third-order valence-electron chi connectivity index (χ3n) is 3.86. The zero-order chi connectivity index (χ0) is 20.0. The molecule has 1 aromatic heterocycles. The van der Waals surface area contributed by atoms with Gasteiger partial charge in [0.25, 0.3) is 5.56 Å². The second kappa shape index (κ2) is 9.19. The minimum atomic E-state index is -1.80. The first-order valence-electron chi connectivity index (χ1n) is 8.10. The minimum Gasteiger partial charge on any atom is -0.434 e. The van der Waals surface area contributed by atoms with E-state index in [1.165, 1.54) is 13.1 Å². The lowest BCUT2D eigenvalue weighted by molar-refractivity contribution is -0.165. The van der Waals surface area contributed by atoms with Crippen molar-refractivity contribution in [3.63, 3.8) is 0 Å². The molecule has 1 aliphatic rings. The number of hydrogen-bond acceptors (Lipinski definition) is 9. The van der Waals surface area contributed by atoms with Gasteiger partial charge in [0.15, 0.2) is 0 Å². The van der Waals surface area contributed by atoms with Crippen LogP contribution in [0.2, 0.25) is 0 Å². The summed E-state index contributed by atoms with van der Waals surface area (Å²) in [5, 5.41) is 13.6. The average molecular weight is 384 g/mol. The first-order valence-corrected chi connectivity index (χ1v) is 8.10. The van der Waals surface area contributed by atoms with Gasteiger partial charge in [-0.2, -0.15) is 0 Å². The molecular weight excluding hydrogens is 364 g/mol. The van der Waals surface area contributed by atoms with Crippen molar-refractivity contribution in [2.75, 3.05) is 13.2 Å². The van der Waals surface area contributed by atoms with E-state index in [0.717, 1.165) is 4.57 Å². The van der Waals surface area contributed by atoms with Crippen LogP contribution in [0.4, 0.5) is 4.79 Å². The molecule has 13 nitrogen and oxygen atoms in total. The number of nitrogens with zero attached hydrogens (tertiary/aromatic N) is 4. The minimum absolute atomic E-state index is 0.0159. The van der Waals surface area contributed by atoms with Crippen molar-refractivity contribution < 1.29 is 24.1 Å². The Bertz CT molecular complexity index is 830. The molecule has 148 valence electrons. The number of aromatic nitrogens is 2. The van der Waals surface area contributed by atoms with Crippen molar-refractivity contribution in [1.29, 1.82) is 0 Å². The molecule has 0 radical (unpaired) electrons. The van der Waals surface area contributed by atoms with Crippen LogP contribution in [-0.4, -0.2) is 52.4 Å². The molecular formula is C14H20N6O7. The molecule has 0 aromatic carbocycles. The van der Waals surface area contributed by atoms with Crippen LogP contribution >= 0.6 is 0 Å². The van der Waals surface area contributed by atoms with Gasteiger partial charge in [0.2, 0.25) is 6.29 Å². The number of rotatable bonds is 7. The molecule has 2 rings (SSSR count). The second-order valence-corrected chi connectivity index (χ2v) is 5.79. The quantitative estimate of drug-likeness (QED) is 0.141. The van der Waals surface area contributed by atoms with Gasteiger partial charge in [-0.3, -0.25) is 14.3 Å². The largest absolute Gasteiger partial charge is 0.510 e. The Kier molecular flexibility index (Phi) is 6.96. The van der Waals surface area contributed by atoms with E-state index in [2.05, 4.69) is 15.0 Å². The Balaban J connectivity index is 2.13. The van der Waals surface area contributed by atoms with E-state index < -0.39 is 42.1 Å². The van der Waals surface area contributed by atoms with E-state index in [9.17, 15) is 19.5 Å². The summed E-state index contributed by atoms with van der Waals surface area (Å²) in [4.78, 5) is 39.8.